The predicted molar refractivity (Wildman–Crippen MR) is 133 cm³/mol. The van der Waals surface area contributed by atoms with Crippen LogP contribution in [0.1, 0.15) is 35.2 Å². The quantitative estimate of drug-likeness (QED) is 0.495. The van der Waals surface area contributed by atoms with Crippen molar-refractivity contribution >= 4 is 34.8 Å². The van der Waals surface area contributed by atoms with Crippen LogP contribution in [0.2, 0.25) is 0 Å². The van der Waals surface area contributed by atoms with Gasteiger partial charge in [-0.25, -0.2) is 9.97 Å². The number of hydrogen-bond acceptors (Lipinski definition) is 8. The number of fused-ring (bicyclic) bond motifs is 1. The number of thioether (sulfide) groups is 1. The van der Waals surface area contributed by atoms with E-state index in [1.165, 1.54) is 0 Å². The Balaban J connectivity index is 1.50. The molecule has 0 saturated carbocycles. The van der Waals surface area contributed by atoms with Crippen LogP contribution >= 0.6 is 11.8 Å². The van der Waals surface area contributed by atoms with Crippen molar-refractivity contribution in [2.75, 3.05) is 51.3 Å². The van der Waals surface area contributed by atoms with Gasteiger partial charge in [-0.05, 0) is 37.6 Å². The van der Waals surface area contributed by atoms with Gasteiger partial charge in [-0.15, -0.1) is 0 Å². The second-order valence-corrected chi connectivity index (χ2v) is 9.51. The lowest BCUT2D eigenvalue weighted by Gasteiger charge is -2.28. The fourth-order valence-corrected chi connectivity index (χ4v) is 5.16. The fourth-order valence-electron chi connectivity index (χ4n) is 4.07. The summed E-state index contributed by atoms with van der Waals surface area (Å²) in [5, 5.41) is 3.19. The maximum Gasteiger partial charge on any atom is 0.433 e. The lowest BCUT2D eigenvalue weighted by molar-refractivity contribution is -0.141. The minimum absolute atomic E-state index is 0.123. The summed E-state index contributed by atoms with van der Waals surface area (Å²) in [7, 11) is 0. The van der Waals surface area contributed by atoms with Gasteiger partial charge in [-0.3, -0.25) is 14.5 Å². The third kappa shape index (κ3) is 6.40. The van der Waals surface area contributed by atoms with Crippen molar-refractivity contribution in [1.29, 1.82) is 0 Å². The van der Waals surface area contributed by atoms with E-state index in [0.717, 1.165) is 63.3 Å². The molecule has 1 aromatic carbocycles. The Morgan fingerprint density at radius 3 is 2.68 bits per heavy atom. The number of amides is 2. The Bertz CT molecular complexity index is 1200. The molecular formula is C24H27F3N6O3S. The summed E-state index contributed by atoms with van der Waals surface area (Å²) < 4.78 is 44.7. The largest absolute Gasteiger partial charge is 0.433 e. The lowest BCUT2D eigenvalue weighted by atomic mass is 10.1. The number of nitrogens with two attached hydrogens (primary N) is 1. The summed E-state index contributed by atoms with van der Waals surface area (Å²) in [6, 6.07) is 5.77. The van der Waals surface area contributed by atoms with Crippen LogP contribution in [0.4, 0.5) is 18.9 Å². The third-order valence-corrected chi connectivity index (χ3v) is 7.07. The second-order valence-electron chi connectivity index (χ2n) is 8.46. The van der Waals surface area contributed by atoms with Gasteiger partial charge in [0.15, 0.2) is 5.82 Å². The highest BCUT2D eigenvalue weighted by Crippen LogP contribution is 2.44. The molecule has 0 atom stereocenters. The number of benzene rings is 1. The molecule has 2 aliphatic rings. The van der Waals surface area contributed by atoms with Gasteiger partial charge < -0.3 is 20.7 Å². The number of aromatic nitrogens is 2. The van der Waals surface area contributed by atoms with E-state index in [1.54, 1.807) is 23.1 Å². The van der Waals surface area contributed by atoms with E-state index in [9.17, 15) is 22.8 Å². The SMILES string of the molecule is CCN(CCCN1CCOCC1)C(=O)c1ccc2c(c1)S/C(=C(/C(N)=O)c1nccc(C(F)(F)F)n1)N2. The number of carbonyl (C=O) groups is 2. The van der Waals surface area contributed by atoms with Gasteiger partial charge in [0.1, 0.15) is 11.3 Å². The molecule has 1 saturated heterocycles. The molecule has 9 nitrogen and oxygen atoms in total. The van der Waals surface area contributed by atoms with Gasteiger partial charge in [-0.1, -0.05) is 11.8 Å². The highest BCUT2D eigenvalue weighted by Gasteiger charge is 2.34. The molecule has 3 N–H and O–H groups in total. The molecule has 1 fully saturated rings. The van der Waals surface area contributed by atoms with Crippen LogP contribution < -0.4 is 11.1 Å². The third-order valence-electron chi connectivity index (χ3n) is 6.01. The van der Waals surface area contributed by atoms with Gasteiger partial charge >= 0.3 is 6.18 Å². The summed E-state index contributed by atoms with van der Waals surface area (Å²) in [4.78, 5) is 37.4. The monoisotopic (exact) mass is 536 g/mol. The van der Waals surface area contributed by atoms with Crippen molar-refractivity contribution < 1.29 is 27.5 Å². The highest BCUT2D eigenvalue weighted by atomic mass is 32.2. The van der Waals surface area contributed by atoms with E-state index in [0.29, 0.717) is 29.2 Å². The van der Waals surface area contributed by atoms with Gasteiger partial charge in [0.2, 0.25) is 0 Å². The van der Waals surface area contributed by atoms with E-state index in [-0.39, 0.29) is 16.5 Å². The maximum absolute atomic E-state index is 13.2. The first-order chi connectivity index (χ1) is 17.7. The average Bonchev–Trinajstić information content (AvgIpc) is 3.29. The molecule has 0 bridgehead atoms. The summed E-state index contributed by atoms with van der Waals surface area (Å²) in [6.45, 7) is 7.21. The molecule has 4 rings (SSSR count). The van der Waals surface area contributed by atoms with Crippen molar-refractivity contribution in [2.24, 2.45) is 5.73 Å². The average molecular weight is 537 g/mol. The molecule has 13 heteroatoms. The number of ether oxygens (including phenoxy) is 1. The van der Waals surface area contributed by atoms with Crippen LogP contribution in [-0.4, -0.2) is 77.5 Å². The number of rotatable bonds is 8. The number of nitrogens with zero attached hydrogens (tertiary/aromatic N) is 4. The first-order valence-corrected chi connectivity index (χ1v) is 12.6. The minimum Gasteiger partial charge on any atom is -0.379 e. The molecule has 3 heterocycles. The Morgan fingerprint density at radius 2 is 2.00 bits per heavy atom. The van der Waals surface area contributed by atoms with Crippen molar-refractivity contribution in [1.82, 2.24) is 19.8 Å². The number of primary amides is 1. The number of hydrogen-bond donors (Lipinski definition) is 2. The van der Waals surface area contributed by atoms with E-state index in [2.05, 4.69) is 20.2 Å². The number of carbonyl (C=O) groups excluding carboxylic acids is 2. The van der Waals surface area contributed by atoms with E-state index < -0.39 is 23.6 Å². The summed E-state index contributed by atoms with van der Waals surface area (Å²) >= 11 is 1.09. The van der Waals surface area contributed by atoms with Crippen molar-refractivity contribution in [2.45, 2.75) is 24.4 Å². The number of anilines is 1. The molecule has 37 heavy (non-hydrogen) atoms. The molecule has 1 aromatic heterocycles. The summed E-state index contributed by atoms with van der Waals surface area (Å²) in [5.74, 6) is -1.53. The molecule has 0 aliphatic carbocycles. The topological polar surface area (TPSA) is 114 Å². The number of morpholine rings is 1. The van der Waals surface area contributed by atoms with Crippen LogP contribution in [0.15, 0.2) is 40.4 Å². The molecule has 0 spiro atoms. The molecule has 198 valence electrons. The number of alkyl halides is 3. The van der Waals surface area contributed by atoms with E-state index >= 15 is 0 Å². The van der Waals surface area contributed by atoms with Gasteiger partial charge in [-0.2, -0.15) is 13.2 Å². The van der Waals surface area contributed by atoms with E-state index in [1.807, 2.05) is 6.92 Å². The Kier molecular flexibility index (Phi) is 8.35. The Labute approximate surface area is 216 Å². The number of nitrogens with one attached hydrogen (secondary N) is 1. The zero-order chi connectivity index (χ0) is 26.6. The molecule has 0 unspecified atom stereocenters. The Hall–Kier alpha value is -3.16. The van der Waals surface area contributed by atoms with Gasteiger partial charge in [0, 0.05) is 49.4 Å². The number of halogens is 3. The Morgan fingerprint density at radius 1 is 1.24 bits per heavy atom. The molecular weight excluding hydrogens is 509 g/mol. The lowest BCUT2D eigenvalue weighted by Crippen LogP contribution is -2.39. The molecule has 2 amide bonds. The van der Waals surface area contributed by atoms with Gasteiger partial charge in [0.25, 0.3) is 11.8 Å². The molecule has 0 radical (unpaired) electrons. The minimum atomic E-state index is -4.70. The van der Waals surface area contributed by atoms with Crippen LogP contribution in [0.5, 0.6) is 0 Å². The normalized spacial score (nSPS) is 17.2. The maximum atomic E-state index is 13.2. The standard InChI is InChI=1S/C24H27F3N6O3S/c1-2-33(9-3-8-32-10-12-36-13-11-32)23(35)15-4-5-16-17(14-15)37-22(30-16)19(20(28)34)21-29-7-6-18(31-21)24(25,26)27/h4-7,14,30H,2-3,8-13H2,1H3,(H2,28,34)/b22-19-. The summed E-state index contributed by atoms with van der Waals surface area (Å²) in [5.41, 5.74) is 5.11. The fraction of sp³-hybridized carbons (Fsp3) is 0.417. The van der Waals surface area contributed by atoms with Crippen molar-refractivity contribution in [3.05, 3.63) is 52.6 Å². The first-order valence-electron chi connectivity index (χ1n) is 11.8. The van der Waals surface area contributed by atoms with Crippen LogP contribution in [0.3, 0.4) is 0 Å². The van der Waals surface area contributed by atoms with Gasteiger partial charge in [0.05, 0.1) is 23.9 Å². The molecule has 2 aromatic rings. The second kappa shape index (κ2) is 11.5. The van der Waals surface area contributed by atoms with Crippen LogP contribution in [-0.2, 0) is 15.7 Å². The summed E-state index contributed by atoms with van der Waals surface area (Å²) in [6.07, 6.45) is -2.93. The zero-order valence-electron chi connectivity index (χ0n) is 20.2. The van der Waals surface area contributed by atoms with Crippen molar-refractivity contribution in [3.63, 3.8) is 0 Å². The molecule has 2 aliphatic heterocycles. The van der Waals surface area contributed by atoms with E-state index in [4.69, 9.17) is 10.5 Å². The zero-order valence-corrected chi connectivity index (χ0v) is 21.0. The van der Waals surface area contributed by atoms with Crippen LogP contribution in [0.25, 0.3) is 5.57 Å². The predicted octanol–water partition coefficient (Wildman–Crippen LogP) is 3.05. The highest BCUT2D eigenvalue weighted by molar-refractivity contribution is 8.04. The smallest absolute Gasteiger partial charge is 0.379 e. The van der Waals surface area contributed by atoms with Crippen LogP contribution in [0, 0.1) is 0 Å². The first kappa shape index (κ1) is 26.9. The van der Waals surface area contributed by atoms with Crippen molar-refractivity contribution in [3.8, 4) is 0 Å².